The van der Waals surface area contributed by atoms with E-state index in [1.165, 1.54) is 34.4 Å². The molecule has 0 spiro atoms. The number of halogens is 1. The maximum Gasteiger partial charge on any atom is 0.236 e. The molecule has 0 bridgehead atoms. The lowest BCUT2D eigenvalue weighted by Gasteiger charge is -2.02. The number of rotatable bonds is 7. The summed E-state index contributed by atoms with van der Waals surface area (Å²) >= 11 is 9.80. The number of aromatic nitrogens is 2. The average Bonchev–Trinajstić information content (AvgIpc) is 3.27. The number of nitrogens with zero attached hydrogens (tertiary/aromatic N) is 2. The Labute approximate surface area is 167 Å². The number of thiazole rings is 2. The molecule has 10 heteroatoms. The van der Waals surface area contributed by atoms with Gasteiger partial charge in [0, 0.05) is 27.5 Å². The van der Waals surface area contributed by atoms with E-state index in [2.05, 4.69) is 20.6 Å². The molecule has 2 aromatic heterocycles. The third-order valence-corrected chi connectivity index (χ3v) is 5.67. The third kappa shape index (κ3) is 5.53. The normalized spacial score (nSPS) is 10.5. The molecular weight excluding hydrogens is 412 g/mol. The van der Waals surface area contributed by atoms with Crippen LogP contribution in [0.2, 0.25) is 5.02 Å². The van der Waals surface area contributed by atoms with Gasteiger partial charge in [0.05, 0.1) is 17.2 Å². The summed E-state index contributed by atoms with van der Waals surface area (Å²) in [5.74, 6) is -0.0340. The first kappa shape index (κ1) is 18.8. The van der Waals surface area contributed by atoms with Crippen LogP contribution in [0.3, 0.4) is 0 Å². The Morgan fingerprint density at radius 1 is 1.04 bits per heavy atom. The fraction of sp³-hybridized carbons (Fsp3) is 0.125. The van der Waals surface area contributed by atoms with Crippen LogP contribution in [0.15, 0.2) is 41.2 Å². The molecule has 0 saturated heterocycles. The molecule has 0 fully saturated rings. The van der Waals surface area contributed by atoms with Crippen molar-refractivity contribution in [1.29, 1.82) is 0 Å². The van der Waals surface area contributed by atoms with Crippen LogP contribution in [-0.4, -0.2) is 33.3 Å². The van der Waals surface area contributed by atoms with Crippen molar-refractivity contribution in [2.24, 2.45) is 0 Å². The van der Waals surface area contributed by atoms with Gasteiger partial charge in [-0.05, 0) is 12.1 Å². The number of carbonyl (C=O) groups is 2. The van der Waals surface area contributed by atoms with E-state index in [0.29, 0.717) is 15.3 Å². The van der Waals surface area contributed by atoms with E-state index < -0.39 is 0 Å². The number of thioether (sulfide) groups is 1. The van der Waals surface area contributed by atoms with Crippen LogP contribution in [0.5, 0.6) is 0 Å². The Hall–Kier alpha value is -1.94. The lowest BCUT2D eigenvalue weighted by atomic mass is 10.2. The predicted molar refractivity (Wildman–Crippen MR) is 109 cm³/mol. The number of anilines is 2. The van der Waals surface area contributed by atoms with Crippen molar-refractivity contribution >= 4 is 68.1 Å². The van der Waals surface area contributed by atoms with E-state index in [1.54, 1.807) is 23.7 Å². The molecule has 0 radical (unpaired) electrons. The summed E-state index contributed by atoms with van der Waals surface area (Å²) in [4.78, 5) is 32.1. The number of amides is 2. The van der Waals surface area contributed by atoms with Crippen LogP contribution >= 0.6 is 46.0 Å². The van der Waals surface area contributed by atoms with E-state index in [-0.39, 0.29) is 23.3 Å². The molecule has 6 nitrogen and oxygen atoms in total. The zero-order valence-corrected chi connectivity index (χ0v) is 16.5. The van der Waals surface area contributed by atoms with Crippen LogP contribution in [0, 0.1) is 0 Å². The molecule has 0 aliphatic carbocycles. The van der Waals surface area contributed by atoms with E-state index in [0.717, 1.165) is 11.3 Å². The molecule has 0 aliphatic heterocycles. The molecule has 0 aliphatic rings. The molecule has 2 amide bonds. The van der Waals surface area contributed by atoms with E-state index >= 15 is 0 Å². The minimum absolute atomic E-state index is 0.168. The summed E-state index contributed by atoms with van der Waals surface area (Å²) in [6.07, 6.45) is 1.62. The average molecular weight is 425 g/mol. The van der Waals surface area contributed by atoms with Gasteiger partial charge in [0.2, 0.25) is 11.8 Å². The molecule has 134 valence electrons. The minimum atomic E-state index is -0.200. The van der Waals surface area contributed by atoms with Crippen LogP contribution in [0.4, 0.5) is 10.3 Å². The molecule has 0 unspecified atom stereocenters. The van der Waals surface area contributed by atoms with Crippen LogP contribution < -0.4 is 10.6 Å². The van der Waals surface area contributed by atoms with Gasteiger partial charge in [0.1, 0.15) is 0 Å². The molecule has 2 heterocycles. The first-order valence-corrected chi connectivity index (χ1v) is 10.7. The van der Waals surface area contributed by atoms with Gasteiger partial charge < -0.3 is 10.6 Å². The summed E-state index contributed by atoms with van der Waals surface area (Å²) in [7, 11) is 0. The van der Waals surface area contributed by atoms with E-state index in [9.17, 15) is 9.59 Å². The van der Waals surface area contributed by atoms with Crippen LogP contribution in [0.1, 0.15) is 0 Å². The van der Waals surface area contributed by atoms with E-state index in [1.807, 2.05) is 17.5 Å². The summed E-state index contributed by atoms with van der Waals surface area (Å²) in [5, 5.41) is 10.8. The second-order valence-electron chi connectivity index (χ2n) is 4.97. The monoisotopic (exact) mass is 424 g/mol. The van der Waals surface area contributed by atoms with Gasteiger partial charge >= 0.3 is 0 Å². The van der Waals surface area contributed by atoms with Gasteiger partial charge in [-0.3, -0.25) is 9.59 Å². The van der Waals surface area contributed by atoms with Gasteiger partial charge in [-0.15, -0.1) is 34.4 Å². The molecule has 26 heavy (non-hydrogen) atoms. The minimum Gasteiger partial charge on any atom is -0.301 e. The number of hydrogen-bond acceptors (Lipinski definition) is 7. The molecule has 0 atom stereocenters. The van der Waals surface area contributed by atoms with Gasteiger partial charge in [0.25, 0.3) is 0 Å². The fourth-order valence-electron chi connectivity index (χ4n) is 1.92. The lowest BCUT2D eigenvalue weighted by molar-refractivity contribution is -0.114. The van der Waals surface area contributed by atoms with Crippen molar-refractivity contribution in [2.45, 2.75) is 0 Å². The fourth-order valence-corrected chi connectivity index (χ4v) is 3.94. The van der Waals surface area contributed by atoms with Crippen LogP contribution in [-0.2, 0) is 9.59 Å². The maximum absolute atomic E-state index is 12.0. The van der Waals surface area contributed by atoms with Crippen molar-refractivity contribution in [2.75, 3.05) is 22.1 Å². The smallest absolute Gasteiger partial charge is 0.236 e. The van der Waals surface area contributed by atoms with E-state index in [4.69, 9.17) is 11.6 Å². The largest absolute Gasteiger partial charge is 0.301 e. The topological polar surface area (TPSA) is 84.0 Å². The molecule has 3 aromatic rings. The van der Waals surface area contributed by atoms with Gasteiger partial charge in [0.15, 0.2) is 10.3 Å². The van der Waals surface area contributed by atoms with Gasteiger partial charge in [-0.1, -0.05) is 23.7 Å². The quantitative estimate of drug-likeness (QED) is 0.592. The highest BCUT2D eigenvalue weighted by atomic mass is 35.5. The Balaban J connectivity index is 1.43. The van der Waals surface area contributed by atoms with Crippen molar-refractivity contribution in [3.05, 3.63) is 46.2 Å². The maximum atomic E-state index is 12.0. The molecule has 2 N–H and O–H groups in total. The lowest BCUT2D eigenvalue weighted by Crippen LogP contribution is -2.18. The molecular formula is C16H13ClN4O2S3. The number of carbonyl (C=O) groups excluding carboxylic acids is 2. The Kier molecular flexibility index (Phi) is 6.62. The standard InChI is InChI=1S/C16H13ClN4O2S3/c17-11-3-1-10(2-4-11)12-7-26-16(19-12)21-14(23)9-24-8-13(22)20-15-18-5-6-25-15/h1-7H,8-9H2,(H,18,20,22)(H,19,21,23). The van der Waals surface area contributed by atoms with Gasteiger partial charge in [-0.25, -0.2) is 9.97 Å². The van der Waals surface area contributed by atoms with Crippen molar-refractivity contribution < 1.29 is 9.59 Å². The predicted octanol–water partition coefficient (Wildman–Crippen LogP) is 4.23. The highest BCUT2D eigenvalue weighted by molar-refractivity contribution is 8.00. The summed E-state index contributed by atoms with van der Waals surface area (Å²) in [6.45, 7) is 0. The summed E-state index contributed by atoms with van der Waals surface area (Å²) in [6, 6.07) is 7.34. The summed E-state index contributed by atoms with van der Waals surface area (Å²) < 4.78 is 0. The second-order valence-corrected chi connectivity index (χ2v) is 8.15. The molecule has 3 rings (SSSR count). The molecule has 0 saturated carbocycles. The van der Waals surface area contributed by atoms with Crippen molar-refractivity contribution in [3.63, 3.8) is 0 Å². The Morgan fingerprint density at radius 2 is 1.73 bits per heavy atom. The second kappa shape index (κ2) is 9.13. The zero-order valence-electron chi connectivity index (χ0n) is 13.3. The number of nitrogens with one attached hydrogen (secondary N) is 2. The van der Waals surface area contributed by atoms with Crippen molar-refractivity contribution in [3.8, 4) is 11.3 Å². The molecule has 1 aromatic carbocycles. The highest BCUT2D eigenvalue weighted by Crippen LogP contribution is 2.26. The van der Waals surface area contributed by atoms with Crippen LogP contribution in [0.25, 0.3) is 11.3 Å². The zero-order chi connectivity index (χ0) is 18.4. The first-order chi connectivity index (χ1) is 12.6. The van der Waals surface area contributed by atoms with Crippen molar-refractivity contribution in [1.82, 2.24) is 9.97 Å². The first-order valence-electron chi connectivity index (χ1n) is 7.38. The third-order valence-electron chi connectivity index (χ3n) is 3.04. The summed E-state index contributed by atoms with van der Waals surface area (Å²) in [5.41, 5.74) is 1.71. The highest BCUT2D eigenvalue weighted by Gasteiger charge is 2.10. The van der Waals surface area contributed by atoms with Gasteiger partial charge in [-0.2, -0.15) is 0 Å². The Bertz CT molecular complexity index is 881. The Morgan fingerprint density at radius 3 is 2.38 bits per heavy atom. The SMILES string of the molecule is O=C(CSCC(=O)Nc1nc(-c2ccc(Cl)cc2)cs1)Nc1nccs1. The number of hydrogen-bond donors (Lipinski definition) is 2. The number of benzene rings is 1.